The van der Waals surface area contributed by atoms with E-state index in [1.54, 1.807) is 6.07 Å². The molecular formula is C13H17FN2O. The van der Waals surface area contributed by atoms with Crippen molar-refractivity contribution in [3.8, 4) is 5.88 Å². The second-order valence-corrected chi connectivity index (χ2v) is 5.01. The number of hydrogen-bond donors (Lipinski definition) is 1. The van der Waals surface area contributed by atoms with Gasteiger partial charge >= 0.3 is 0 Å². The number of ether oxygens (including phenoxy) is 1. The number of fused-ring (bicyclic) bond motifs is 2. The smallest absolute Gasteiger partial charge is 0.213 e. The number of nitrogens with one attached hydrogen (secondary N) is 1. The van der Waals surface area contributed by atoms with Gasteiger partial charge in [0.05, 0.1) is 12.8 Å². The maximum Gasteiger partial charge on any atom is 0.213 e. The van der Waals surface area contributed by atoms with Crippen LogP contribution in [0.3, 0.4) is 0 Å². The van der Waals surface area contributed by atoms with E-state index in [2.05, 4.69) is 10.3 Å². The van der Waals surface area contributed by atoms with Crippen molar-refractivity contribution in [1.29, 1.82) is 0 Å². The minimum absolute atomic E-state index is 0.324. The number of nitrogens with zero attached hydrogens (tertiary/aromatic N) is 1. The summed E-state index contributed by atoms with van der Waals surface area (Å²) in [7, 11) is 0. The van der Waals surface area contributed by atoms with E-state index in [1.165, 1.54) is 37.9 Å². The van der Waals surface area contributed by atoms with Gasteiger partial charge in [-0.2, -0.15) is 0 Å². The largest absolute Gasteiger partial charge is 0.477 e. The second-order valence-electron chi connectivity index (χ2n) is 5.01. The first-order valence-electron chi connectivity index (χ1n) is 6.31. The molecule has 2 aliphatic rings. The van der Waals surface area contributed by atoms with Crippen LogP contribution < -0.4 is 10.1 Å². The highest BCUT2D eigenvalue weighted by Gasteiger charge is 2.35. The summed E-state index contributed by atoms with van der Waals surface area (Å²) in [5, 5.41) is 3.63. The highest BCUT2D eigenvalue weighted by Crippen LogP contribution is 2.31. The summed E-state index contributed by atoms with van der Waals surface area (Å²) >= 11 is 0. The number of rotatable bonds is 3. The Morgan fingerprint density at radius 1 is 1.29 bits per heavy atom. The molecule has 2 fully saturated rings. The lowest BCUT2D eigenvalue weighted by Crippen LogP contribution is -2.42. The van der Waals surface area contributed by atoms with Crippen LogP contribution >= 0.6 is 0 Å². The molecule has 1 aromatic heterocycles. The van der Waals surface area contributed by atoms with Crippen LogP contribution in [0, 0.1) is 11.7 Å². The third kappa shape index (κ3) is 2.41. The van der Waals surface area contributed by atoms with Gasteiger partial charge in [-0.25, -0.2) is 9.37 Å². The molecule has 0 aliphatic carbocycles. The topological polar surface area (TPSA) is 34.1 Å². The number of halogens is 1. The summed E-state index contributed by atoms with van der Waals surface area (Å²) in [6, 6.07) is 4.31. The Morgan fingerprint density at radius 3 is 3.00 bits per heavy atom. The maximum atomic E-state index is 12.7. The molecule has 3 rings (SSSR count). The lowest BCUT2D eigenvalue weighted by molar-refractivity contribution is 0.177. The molecule has 1 aromatic rings. The Balaban J connectivity index is 1.55. The van der Waals surface area contributed by atoms with Gasteiger partial charge in [0.25, 0.3) is 0 Å². The van der Waals surface area contributed by atoms with Crippen molar-refractivity contribution in [3.63, 3.8) is 0 Å². The van der Waals surface area contributed by atoms with E-state index in [0.717, 1.165) is 6.04 Å². The molecule has 1 unspecified atom stereocenters. The van der Waals surface area contributed by atoms with Gasteiger partial charge in [0, 0.05) is 24.1 Å². The summed E-state index contributed by atoms with van der Waals surface area (Å²) in [5.41, 5.74) is 0. The summed E-state index contributed by atoms with van der Waals surface area (Å²) in [4.78, 5) is 3.91. The SMILES string of the molecule is Fc1ccc(OC[C@@H]2CC[C@@H]3CCC2N3)nc1. The fourth-order valence-electron chi connectivity index (χ4n) is 2.91. The monoisotopic (exact) mass is 236 g/mol. The van der Waals surface area contributed by atoms with Crippen LogP contribution in [-0.4, -0.2) is 23.7 Å². The van der Waals surface area contributed by atoms with Gasteiger partial charge in [-0.1, -0.05) is 0 Å². The van der Waals surface area contributed by atoms with E-state index in [9.17, 15) is 4.39 Å². The molecule has 0 amide bonds. The number of hydrogen-bond acceptors (Lipinski definition) is 3. The van der Waals surface area contributed by atoms with Crippen LogP contribution in [0.25, 0.3) is 0 Å². The van der Waals surface area contributed by atoms with E-state index in [-0.39, 0.29) is 5.82 Å². The van der Waals surface area contributed by atoms with E-state index < -0.39 is 0 Å². The first-order chi connectivity index (χ1) is 8.31. The molecule has 3 atom stereocenters. The molecule has 4 heteroatoms. The predicted molar refractivity (Wildman–Crippen MR) is 62.4 cm³/mol. The van der Waals surface area contributed by atoms with Gasteiger partial charge in [-0.15, -0.1) is 0 Å². The fraction of sp³-hybridized carbons (Fsp3) is 0.615. The van der Waals surface area contributed by atoms with Crippen molar-refractivity contribution < 1.29 is 9.13 Å². The lowest BCUT2D eigenvalue weighted by Gasteiger charge is -2.29. The minimum atomic E-state index is -0.324. The van der Waals surface area contributed by atoms with Gasteiger partial charge < -0.3 is 10.1 Å². The molecule has 3 heterocycles. The molecule has 17 heavy (non-hydrogen) atoms. The first kappa shape index (κ1) is 11.0. The predicted octanol–water partition coefficient (Wildman–Crippen LogP) is 2.13. The molecule has 0 radical (unpaired) electrons. The highest BCUT2D eigenvalue weighted by molar-refractivity contribution is 5.10. The molecule has 92 valence electrons. The van der Waals surface area contributed by atoms with Gasteiger partial charge in [0.1, 0.15) is 5.82 Å². The van der Waals surface area contributed by atoms with Gasteiger partial charge in [-0.05, 0) is 31.7 Å². The van der Waals surface area contributed by atoms with Gasteiger partial charge in [-0.3, -0.25) is 0 Å². The Kier molecular flexibility index (Phi) is 2.97. The molecular weight excluding hydrogens is 219 g/mol. The Bertz CT molecular complexity index is 382. The molecule has 2 saturated heterocycles. The Labute approximate surface area is 100 Å². The van der Waals surface area contributed by atoms with Crippen LogP contribution in [0.4, 0.5) is 4.39 Å². The fourth-order valence-corrected chi connectivity index (χ4v) is 2.91. The Hall–Kier alpha value is -1.16. The lowest BCUT2D eigenvalue weighted by atomic mass is 9.93. The van der Waals surface area contributed by atoms with E-state index in [1.807, 2.05) is 0 Å². The average Bonchev–Trinajstić information content (AvgIpc) is 2.73. The second kappa shape index (κ2) is 4.61. The standard InChI is InChI=1S/C13H17FN2O/c14-10-2-6-13(15-7-10)17-8-9-1-3-11-4-5-12(9)16-11/h2,6-7,9,11-12,16H,1,3-5,8H2/t9-,11+,12?/m0/s1. The first-order valence-corrected chi connectivity index (χ1v) is 6.31. The molecule has 0 aromatic carbocycles. The van der Waals surface area contributed by atoms with E-state index >= 15 is 0 Å². The normalized spacial score (nSPS) is 31.5. The summed E-state index contributed by atoms with van der Waals surface area (Å²) < 4.78 is 18.3. The highest BCUT2D eigenvalue weighted by atomic mass is 19.1. The molecule has 1 N–H and O–H groups in total. The summed E-state index contributed by atoms with van der Waals surface area (Å²) in [6.07, 6.45) is 6.23. The van der Waals surface area contributed by atoms with Crippen molar-refractivity contribution in [2.24, 2.45) is 5.92 Å². The number of aromatic nitrogens is 1. The van der Waals surface area contributed by atoms with Crippen LogP contribution in [0.2, 0.25) is 0 Å². The summed E-state index contributed by atoms with van der Waals surface area (Å²) in [5.74, 6) is 0.766. The van der Waals surface area contributed by atoms with Gasteiger partial charge in [0.15, 0.2) is 0 Å². The van der Waals surface area contributed by atoms with Crippen molar-refractivity contribution >= 4 is 0 Å². The zero-order chi connectivity index (χ0) is 11.7. The van der Waals surface area contributed by atoms with Crippen LogP contribution in [-0.2, 0) is 0 Å². The van der Waals surface area contributed by atoms with Crippen LogP contribution in [0.5, 0.6) is 5.88 Å². The quantitative estimate of drug-likeness (QED) is 0.873. The number of pyridine rings is 1. The van der Waals surface area contributed by atoms with Gasteiger partial charge in [0.2, 0.25) is 5.88 Å². The zero-order valence-electron chi connectivity index (χ0n) is 9.73. The van der Waals surface area contributed by atoms with Crippen LogP contribution in [0.15, 0.2) is 18.3 Å². The van der Waals surface area contributed by atoms with Crippen molar-refractivity contribution in [3.05, 3.63) is 24.1 Å². The average molecular weight is 236 g/mol. The zero-order valence-corrected chi connectivity index (χ0v) is 9.73. The van der Waals surface area contributed by atoms with Crippen molar-refractivity contribution in [2.75, 3.05) is 6.61 Å². The molecule has 2 aliphatic heterocycles. The summed E-state index contributed by atoms with van der Waals surface area (Å²) in [6.45, 7) is 0.684. The molecule has 2 bridgehead atoms. The van der Waals surface area contributed by atoms with Crippen LogP contribution in [0.1, 0.15) is 25.7 Å². The molecule has 0 saturated carbocycles. The minimum Gasteiger partial charge on any atom is -0.477 e. The maximum absolute atomic E-state index is 12.7. The number of piperidine rings is 1. The van der Waals surface area contributed by atoms with E-state index in [4.69, 9.17) is 4.74 Å². The molecule has 0 spiro atoms. The third-order valence-corrected chi connectivity index (χ3v) is 3.88. The van der Waals surface area contributed by atoms with Crippen molar-refractivity contribution in [2.45, 2.75) is 37.8 Å². The van der Waals surface area contributed by atoms with Crippen molar-refractivity contribution in [1.82, 2.24) is 10.3 Å². The van der Waals surface area contributed by atoms with E-state index in [0.29, 0.717) is 24.4 Å². The third-order valence-electron chi connectivity index (χ3n) is 3.88. The molecule has 3 nitrogen and oxygen atoms in total. The Morgan fingerprint density at radius 2 is 2.18 bits per heavy atom.